The van der Waals surface area contributed by atoms with E-state index >= 15 is 0 Å². The number of nitro benzene ring substituents is 1. The molecule has 1 fully saturated rings. The number of esters is 1. The molecule has 1 aliphatic rings. The van der Waals surface area contributed by atoms with Gasteiger partial charge >= 0.3 is 11.7 Å². The monoisotopic (exact) mass is 282 g/mol. The number of hydrogen-bond donors (Lipinski definition) is 1. The number of rotatable bonds is 4. The topological polar surface area (TPSA) is 81.5 Å². The lowest BCUT2D eigenvalue weighted by molar-refractivity contribution is -0.386. The molecule has 0 saturated heterocycles. The van der Waals surface area contributed by atoms with Crippen molar-refractivity contribution in [2.24, 2.45) is 5.92 Å². The van der Waals surface area contributed by atoms with Gasteiger partial charge in [0.25, 0.3) is 0 Å². The maximum atomic E-state index is 13.5. The fraction of sp³-hybridized carbons (Fsp3) is 0.462. The van der Waals surface area contributed by atoms with Crippen LogP contribution in [0.1, 0.15) is 19.3 Å². The number of nitro groups is 1. The molecule has 0 radical (unpaired) electrons. The van der Waals surface area contributed by atoms with Gasteiger partial charge in [-0.05, 0) is 31.4 Å². The second-order valence-corrected chi connectivity index (χ2v) is 4.77. The van der Waals surface area contributed by atoms with Crippen molar-refractivity contribution in [3.8, 4) is 0 Å². The molecule has 0 heterocycles. The molecule has 0 unspecified atom stereocenters. The number of halogens is 1. The molecular weight excluding hydrogens is 267 g/mol. The number of para-hydroxylation sites is 1. The van der Waals surface area contributed by atoms with Crippen molar-refractivity contribution >= 4 is 17.3 Å². The van der Waals surface area contributed by atoms with E-state index in [1.807, 2.05) is 0 Å². The number of carbonyl (C=O) groups is 1. The number of benzene rings is 1. The zero-order valence-electron chi connectivity index (χ0n) is 11.0. The molecule has 1 N–H and O–H groups in total. The van der Waals surface area contributed by atoms with Crippen molar-refractivity contribution in [2.45, 2.75) is 25.3 Å². The van der Waals surface area contributed by atoms with Gasteiger partial charge in [0.1, 0.15) is 5.69 Å². The molecule has 7 heteroatoms. The van der Waals surface area contributed by atoms with Crippen molar-refractivity contribution in [1.82, 2.24) is 0 Å². The van der Waals surface area contributed by atoms with Crippen molar-refractivity contribution in [2.75, 3.05) is 12.4 Å². The molecule has 1 aromatic carbocycles. The minimum atomic E-state index is -0.873. The molecule has 0 spiro atoms. The van der Waals surface area contributed by atoms with E-state index in [-0.39, 0.29) is 23.6 Å². The molecule has 2 rings (SSSR count). The number of nitrogens with one attached hydrogen (secondary N) is 1. The van der Waals surface area contributed by atoms with E-state index in [4.69, 9.17) is 0 Å². The molecule has 1 aromatic rings. The Hall–Kier alpha value is -2.18. The third-order valence-electron chi connectivity index (χ3n) is 3.50. The Kier molecular flexibility index (Phi) is 4.16. The van der Waals surface area contributed by atoms with Crippen molar-refractivity contribution in [1.29, 1.82) is 0 Å². The van der Waals surface area contributed by atoms with Gasteiger partial charge in [0, 0.05) is 6.04 Å². The Labute approximate surface area is 115 Å². The van der Waals surface area contributed by atoms with Crippen LogP contribution in [0.2, 0.25) is 0 Å². The van der Waals surface area contributed by atoms with E-state index < -0.39 is 16.4 Å². The van der Waals surface area contributed by atoms with Crippen LogP contribution in [0.4, 0.5) is 15.8 Å². The Balaban J connectivity index is 2.10. The van der Waals surface area contributed by atoms with E-state index in [1.54, 1.807) is 0 Å². The number of carbonyl (C=O) groups excluding carboxylic acids is 1. The predicted molar refractivity (Wildman–Crippen MR) is 69.8 cm³/mol. The molecule has 6 nitrogen and oxygen atoms in total. The number of anilines is 1. The maximum Gasteiger partial charge on any atom is 0.327 e. The van der Waals surface area contributed by atoms with Gasteiger partial charge in [-0.1, -0.05) is 6.07 Å². The summed E-state index contributed by atoms with van der Waals surface area (Å²) in [7, 11) is 1.33. The summed E-state index contributed by atoms with van der Waals surface area (Å²) in [5.74, 6) is -1.35. The molecule has 0 aromatic heterocycles. The van der Waals surface area contributed by atoms with E-state index in [0.717, 1.165) is 6.07 Å². The van der Waals surface area contributed by atoms with Crippen LogP contribution >= 0.6 is 0 Å². The lowest BCUT2D eigenvalue weighted by Gasteiger charge is -2.14. The number of methoxy groups -OCH3 is 1. The fourth-order valence-corrected chi connectivity index (χ4v) is 2.53. The molecule has 1 aliphatic carbocycles. The third kappa shape index (κ3) is 2.87. The second-order valence-electron chi connectivity index (χ2n) is 4.77. The lowest BCUT2D eigenvalue weighted by atomic mass is 10.1. The summed E-state index contributed by atoms with van der Waals surface area (Å²) < 4.78 is 18.2. The second kappa shape index (κ2) is 5.85. The fourth-order valence-electron chi connectivity index (χ4n) is 2.53. The van der Waals surface area contributed by atoms with Gasteiger partial charge in [-0.3, -0.25) is 14.9 Å². The molecule has 0 amide bonds. The third-order valence-corrected chi connectivity index (χ3v) is 3.50. The first-order valence-electron chi connectivity index (χ1n) is 6.30. The summed E-state index contributed by atoms with van der Waals surface area (Å²) in [6.07, 6.45) is 1.88. The van der Waals surface area contributed by atoms with Crippen LogP contribution in [-0.2, 0) is 9.53 Å². The van der Waals surface area contributed by atoms with E-state index in [2.05, 4.69) is 10.1 Å². The predicted octanol–water partition coefficient (Wildman–Crippen LogP) is 2.49. The first-order valence-corrected chi connectivity index (χ1v) is 6.30. The molecule has 20 heavy (non-hydrogen) atoms. The van der Waals surface area contributed by atoms with Gasteiger partial charge in [-0.15, -0.1) is 0 Å². The van der Waals surface area contributed by atoms with Crippen molar-refractivity contribution in [3.05, 3.63) is 34.1 Å². The van der Waals surface area contributed by atoms with Gasteiger partial charge < -0.3 is 10.1 Å². The average molecular weight is 282 g/mol. The molecule has 108 valence electrons. The van der Waals surface area contributed by atoms with Crippen LogP contribution in [0.5, 0.6) is 0 Å². The van der Waals surface area contributed by atoms with Crippen LogP contribution in [0.15, 0.2) is 18.2 Å². The van der Waals surface area contributed by atoms with E-state index in [1.165, 1.54) is 19.2 Å². The van der Waals surface area contributed by atoms with Crippen LogP contribution in [0.3, 0.4) is 0 Å². The quantitative estimate of drug-likeness (QED) is 0.521. The molecule has 0 aliphatic heterocycles. The Morgan fingerprint density at radius 2 is 2.25 bits per heavy atom. The van der Waals surface area contributed by atoms with Crippen LogP contribution < -0.4 is 5.32 Å². The summed E-state index contributed by atoms with van der Waals surface area (Å²) in [6, 6.07) is 3.83. The van der Waals surface area contributed by atoms with Crippen LogP contribution in [-0.4, -0.2) is 24.0 Å². The van der Waals surface area contributed by atoms with Gasteiger partial charge in [0.15, 0.2) is 0 Å². The van der Waals surface area contributed by atoms with Gasteiger partial charge in [0.05, 0.1) is 18.0 Å². The van der Waals surface area contributed by atoms with Crippen LogP contribution in [0.25, 0.3) is 0 Å². The molecule has 0 bridgehead atoms. The summed E-state index contributed by atoms with van der Waals surface area (Å²) in [4.78, 5) is 21.6. The normalized spacial score (nSPS) is 21.5. The smallest absolute Gasteiger partial charge is 0.327 e. The van der Waals surface area contributed by atoms with Crippen molar-refractivity contribution in [3.63, 3.8) is 0 Å². The minimum absolute atomic E-state index is 0.0976. The minimum Gasteiger partial charge on any atom is -0.469 e. The SMILES string of the molecule is COC(=O)[C@H]1CC[C@@H](Nc2cccc(F)c2[N+](=O)[O-])C1. The molecule has 2 atom stereocenters. The number of nitrogens with zero attached hydrogens (tertiary/aromatic N) is 1. The Morgan fingerprint density at radius 3 is 2.90 bits per heavy atom. The highest BCUT2D eigenvalue weighted by Gasteiger charge is 2.32. The largest absolute Gasteiger partial charge is 0.469 e. The highest BCUT2D eigenvalue weighted by molar-refractivity contribution is 5.73. The summed E-state index contributed by atoms with van der Waals surface area (Å²) in [5.41, 5.74) is -0.417. The first-order chi connectivity index (χ1) is 9.52. The maximum absolute atomic E-state index is 13.5. The summed E-state index contributed by atoms with van der Waals surface area (Å²) in [5, 5.41) is 13.8. The van der Waals surface area contributed by atoms with Crippen LogP contribution in [0, 0.1) is 21.8 Å². The summed E-state index contributed by atoms with van der Waals surface area (Å²) >= 11 is 0. The van der Waals surface area contributed by atoms with E-state index in [9.17, 15) is 19.3 Å². The van der Waals surface area contributed by atoms with Gasteiger partial charge in [-0.2, -0.15) is 4.39 Å². The Morgan fingerprint density at radius 1 is 1.50 bits per heavy atom. The average Bonchev–Trinajstić information content (AvgIpc) is 2.86. The lowest BCUT2D eigenvalue weighted by Crippen LogP contribution is -2.19. The van der Waals surface area contributed by atoms with E-state index in [0.29, 0.717) is 19.3 Å². The Bertz CT molecular complexity index is 535. The standard InChI is InChI=1S/C13H15FN2O4/c1-20-13(17)8-5-6-9(7-8)15-11-4-2-3-10(14)12(11)16(18)19/h2-4,8-9,15H,5-7H2,1H3/t8-,9+/m0/s1. The summed E-state index contributed by atoms with van der Waals surface area (Å²) in [6.45, 7) is 0. The van der Waals surface area contributed by atoms with Gasteiger partial charge in [0.2, 0.25) is 5.82 Å². The molecular formula is C13H15FN2O4. The zero-order valence-corrected chi connectivity index (χ0v) is 11.0. The van der Waals surface area contributed by atoms with Gasteiger partial charge in [-0.25, -0.2) is 0 Å². The number of ether oxygens (including phenoxy) is 1. The highest BCUT2D eigenvalue weighted by Crippen LogP contribution is 2.33. The number of hydrogen-bond acceptors (Lipinski definition) is 5. The van der Waals surface area contributed by atoms with Crippen molar-refractivity contribution < 1.29 is 18.8 Å². The zero-order chi connectivity index (χ0) is 14.7. The molecule has 1 saturated carbocycles. The first kappa shape index (κ1) is 14.2. The highest BCUT2D eigenvalue weighted by atomic mass is 19.1.